The van der Waals surface area contributed by atoms with Crippen LogP contribution in [0.2, 0.25) is 0 Å². The fourth-order valence-electron chi connectivity index (χ4n) is 2.25. The highest BCUT2D eigenvalue weighted by Crippen LogP contribution is 2.17. The summed E-state index contributed by atoms with van der Waals surface area (Å²) >= 11 is 0. The Balaban J connectivity index is 1.93. The minimum Gasteiger partial charge on any atom is -0.465 e. The van der Waals surface area contributed by atoms with E-state index in [0.717, 1.165) is 5.69 Å². The number of aryl methyl sites for hydroxylation is 1. The van der Waals surface area contributed by atoms with Gasteiger partial charge in [0.15, 0.2) is 5.65 Å². The molecule has 116 valence electrons. The second-order valence-corrected chi connectivity index (χ2v) is 4.88. The van der Waals surface area contributed by atoms with Crippen LogP contribution in [0.25, 0.3) is 5.65 Å². The first-order valence-electron chi connectivity index (χ1n) is 6.90. The molecular weight excluding hydrogens is 296 g/mol. The van der Waals surface area contributed by atoms with Crippen molar-refractivity contribution in [1.82, 2.24) is 14.6 Å². The molecule has 1 N–H and O–H groups in total. The zero-order valence-electron chi connectivity index (χ0n) is 12.6. The normalized spacial score (nSPS) is 10.5. The Morgan fingerprint density at radius 1 is 1.22 bits per heavy atom. The average Bonchev–Trinajstić information content (AvgIpc) is 3.03. The van der Waals surface area contributed by atoms with Crippen molar-refractivity contribution in [3.8, 4) is 0 Å². The van der Waals surface area contributed by atoms with Crippen molar-refractivity contribution in [2.24, 2.45) is 0 Å². The van der Waals surface area contributed by atoms with E-state index in [2.05, 4.69) is 15.4 Å². The summed E-state index contributed by atoms with van der Waals surface area (Å²) in [6.07, 6.45) is 1.61. The lowest BCUT2D eigenvalue weighted by atomic mass is 10.1. The number of aromatic nitrogens is 3. The van der Waals surface area contributed by atoms with Gasteiger partial charge in [-0.05, 0) is 25.1 Å². The zero-order valence-corrected chi connectivity index (χ0v) is 12.6. The molecule has 7 heteroatoms. The molecule has 0 aliphatic carbocycles. The van der Waals surface area contributed by atoms with Crippen molar-refractivity contribution in [1.29, 1.82) is 0 Å². The highest BCUT2D eigenvalue weighted by molar-refractivity contribution is 6.07. The first-order chi connectivity index (χ1) is 11.1. The number of hydrogen-bond donors (Lipinski definition) is 1. The summed E-state index contributed by atoms with van der Waals surface area (Å²) in [5, 5.41) is 6.81. The molecule has 0 saturated heterocycles. The molecule has 23 heavy (non-hydrogen) atoms. The van der Waals surface area contributed by atoms with E-state index < -0.39 is 11.9 Å². The number of carbonyl (C=O) groups is 2. The highest BCUT2D eigenvalue weighted by Gasteiger charge is 2.16. The standard InChI is InChI=1S/C16H14N4O3/c1-10-9-13(18-14-7-8-17-20(10)14)15(21)19-12-6-4-3-5-11(12)16(22)23-2/h3-9H,1-2H3,(H,19,21). The molecule has 3 rings (SSSR count). The molecule has 0 atom stereocenters. The molecule has 0 radical (unpaired) electrons. The van der Waals surface area contributed by atoms with Crippen molar-refractivity contribution in [3.05, 3.63) is 59.5 Å². The van der Waals surface area contributed by atoms with Gasteiger partial charge in [0.05, 0.1) is 24.6 Å². The lowest BCUT2D eigenvalue weighted by molar-refractivity contribution is 0.0602. The van der Waals surface area contributed by atoms with Crippen molar-refractivity contribution in [3.63, 3.8) is 0 Å². The number of methoxy groups -OCH3 is 1. The Labute approximate surface area is 131 Å². The number of nitrogens with one attached hydrogen (secondary N) is 1. The number of benzene rings is 1. The van der Waals surface area contributed by atoms with E-state index in [1.807, 2.05) is 6.92 Å². The summed E-state index contributed by atoms with van der Waals surface area (Å²) in [6.45, 7) is 1.83. The molecule has 2 heterocycles. The van der Waals surface area contributed by atoms with Crippen LogP contribution in [0, 0.1) is 6.92 Å². The monoisotopic (exact) mass is 310 g/mol. The first kappa shape index (κ1) is 14.7. The number of ether oxygens (including phenoxy) is 1. The van der Waals surface area contributed by atoms with Crippen LogP contribution in [-0.4, -0.2) is 33.6 Å². The molecule has 0 saturated carbocycles. The van der Waals surface area contributed by atoms with Crippen LogP contribution in [0.5, 0.6) is 0 Å². The number of hydrogen-bond acceptors (Lipinski definition) is 5. The fourth-order valence-corrected chi connectivity index (χ4v) is 2.25. The number of esters is 1. The average molecular weight is 310 g/mol. The lowest BCUT2D eigenvalue weighted by Gasteiger charge is -2.10. The van der Waals surface area contributed by atoms with Crippen LogP contribution in [0.3, 0.4) is 0 Å². The molecule has 0 fully saturated rings. The van der Waals surface area contributed by atoms with Crippen LogP contribution < -0.4 is 5.32 Å². The Morgan fingerprint density at radius 2 is 2.00 bits per heavy atom. The SMILES string of the molecule is COC(=O)c1ccccc1NC(=O)c1cc(C)n2nccc2n1. The highest BCUT2D eigenvalue weighted by atomic mass is 16.5. The third-order valence-electron chi connectivity index (χ3n) is 3.35. The van der Waals surface area contributed by atoms with Crippen LogP contribution in [0.1, 0.15) is 26.5 Å². The number of carbonyl (C=O) groups excluding carboxylic acids is 2. The van der Waals surface area contributed by atoms with Crippen molar-refractivity contribution in [2.75, 3.05) is 12.4 Å². The zero-order chi connectivity index (χ0) is 16.4. The van der Waals surface area contributed by atoms with Crippen LogP contribution in [0.4, 0.5) is 5.69 Å². The van der Waals surface area contributed by atoms with Gasteiger partial charge in [0.25, 0.3) is 5.91 Å². The van der Waals surface area contributed by atoms with Gasteiger partial charge in [-0.15, -0.1) is 0 Å². The molecule has 2 aromatic heterocycles. The molecule has 0 unspecified atom stereocenters. The van der Waals surface area contributed by atoms with Gasteiger partial charge in [-0.2, -0.15) is 5.10 Å². The predicted molar refractivity (Wildman–Crippen MR) is 83.5 cm³/mol. The second kappa shape index (κ2) is 5.88. The Bertz CT molecular complexity index is 901. The number of fused-ring (bicyclic) bond motifs is 1. The molecule has 0 aliphatic heterocycles. The van der Waals surface area contributed by atoms with Crippen LogP contribution in [-0.2, 0) is 4.74 Å². The molecular formula is C16H14N4O3. The molecule has 0 spiro atoms. The maximum atomic E-state index is 12.4. The number of nitrogens with zero attached hydrogens (tertiary/aromatic N) is 3. The number of para-hydroxylation sites is 1. The third kappa shape index (κ3) is 2.76. The summed E-state index contributed by atoms with van der Waals surface area (Å²) in [4.78, 5) is 28.4. The number of rotatable bonds is 3. The van der Waals surface area contributed by atoms with E-state index in [4.69, 9.17) is 4.74 Å². The maximum absolute atomic E-state index is 12.4. The Morgan fingerprint density at radius 3 is 2.78 bits per heavy atom. The van der Waals surface area contributed by atoms with E-state index in [0.29, 0.717) is 11.3 Å². The van der Waals surface area contributed by atoms with Gasteiger partial charge in [0, 0.05) is 11.8 Å². The van der Waals surface area contributed by atoms with Crippen LogP contribution in [0.15, 0.2) is 42.6 Å². The molecule has 3 aromatic rings. The van der Waals surface area contributed by atoms with Gasteiger partial charge in [0.1, 0.15) is 5.69 Å². The predicted octanol–water partition coefficient (Wildman–Crippen LogP) is 2.08. The van der Waals surface area contributed by atoms with Crippen molar-refractivity contribution >= 4 is 23.2 Å². The third-order valence-corrected chi connectivity index (χ3v) is 3.35. The van der Waals surface area contributed by atoms with Crippen molar-refractivity contribution in [2.45, 2.75) is 6.92 Å². The van der Waals surface area contributed by atoms with E-state index in [9.17, 15) is 9.59 Å². The van der Waals surface area contributed by atoms with Gasteiger partial charge < -0.3 is 10.1 Å². The fraction of sp³-hybridized carbons (Fsp3) is 0.125. The Hall–Kier alpha value is -3.22. The van der Waals surface area contributed by atoms with Gasteiger partial charge in [-0.1, -0.05) is 12.1 Å². The molecule has 0 bridgehead atoms. The summed E-state index contributed by atoms with van der Waals surface area (Å²) in [6, 6.07) is 9.99. The van der Waals surface area contributed by atoms with Gasteiger partial charge in [-0.25, -0.2) is 14.3 Å². The van der Waals surface area contributed by atoms with Gasteiger partial charge >= 0.3 is 5.97 Å². The molecule has 1 amide bonds. The summed E-state index contributed by atoms with van der Waals surface area (Å²) in [5.74, 6) is -0.926. The second-order valence-electron chi connectivity index (χ2n) is 4.88. The van der Waals surface area contributed by atoms with Gasteiger partial charge in [-0.3, -0.25) is 4.79 Å². The Kier molecular flexibility index (Phi) is 3.76. The quantitative estimate of drug-likeness (QED) is 0.749. The topological polar surface area (TPSA) is 85.6 Å². The number of anilines is 1. The van der Waals surface area contributed by atoms with E-state index in [1.165, 1.54) is 7.11 Å². The smallest absolute Gasteiger partial charge is 0.339 e. The molecule has 7 nitrogen and oxygen atoms in total. The van der Waals surface area contributed by atoms with Crippen molar-refractivity contribution < 1.29 is 14.3 Å². The lowest BCUT2D eigenvalue weighted by Crippen LogP contribution is -2.17. The minimum atomic E-state index is -0.517. The van der Waals surface area contributed by atoms with Crippen LogP contribution >= 0.6 is 0 Å². The molecule has 1 aromatic carbocycles. The van der Waals surface area contributed by atoms with E-state index in [1.54, 1.807) is 47.1 Å². The number of amides is 1. The molecule has 0 aliphatic rings. The van der Waals surface area contributed by atoms with E-state index >= 15 is 0 Å². The summed E-state index contributed by atoms with van der Waals surface area (Å²) < 4.78 is 6.35. The maximum Gasteiger partial charge on any atom is 0.339 e. The first-order valence-corrected chi connectivity index (χ1v) is 6.90. The van der Waals surface area contributed by atoms with E-state index in [-0.39, 0.29) is 11.3 Å². The minimum absolute atomic E-state index is 0.246. The summed E-state index contributed by atoms with van der Waals surface area (Å²) in [7, 11) is 1.29. The summed E-state index contributed by atoms with van der Waals surface area (Å²) in [5.41, 5.74) is 2.26. The van der Waals surface area contributed by atoms with Gasteiger partial charge in [0.2, 0.25) is 0 Å². The largest absolute Gasteiger partial charge is 0.465 e.